The van der Waals surface area contributed by atoms with Crippen molar-refractivity contribution in [2.45, 2.75) is 18.2 Å². The number of hydrogen-bond donors (Lipinski definition) is 3. The highest BCUT2D eigenvalue weighted by Crippen LogP contribution is 2.24. The number of benzene rings is 2. The summed E-state index contributed by atoms with van der Waals surface area (Å²) in [6.07, 6.45) is 2.14. The van der Waals surface area contributed by atoms with Gasteiger partial charge in [0, 0.05) is 35.4 Å². The molecule has 2 aromatic carbocycles. The van der Waals surface area contributed by atoms with Crippen molar-refractivity contribution in [2.75, 3.05) is 10.0 Å². The van der Waals surface area contributed by atoms with Crippen LogP contribution in [0.1, 0.15) is 16.8 Å². The number of nitrogens with zero attached hydrogens (tertiary/aromatic N) is 2. The molecule has 7 nitrogen and oxygen atoms in total. The number of halogens is 1. The number of aromatic nitrogens is 3. The SMILES string of the molecule is Cc1ccc(Cc2cc(Nc3ccc(S(=O)(=O)Nc4nccs4)c(F)c3)n[nH]2)cc1. The van der Waals surface area contributed by atoms with Crippen LogP contribution in [-0.4, -0.2) is 23.6 Å². The maximum Gasteiger partial charge on any atom is 0.266 e. The quantitative estimate of drug-likeness (QED) is 0.392. The third-order valence-corrected chi connectivity index (χ3v) is 6.48. The van der Waals surface area contributed by atoms with E-state index in [1.54, 1.807) is 5.38 Å². The monoisotopic (exact) mass is 443 g/mol. The van der Waals surface area contributed by atoms with E-state index in [0.29, 0.717) is 17.9 Å². The molecule has 0 amide bonds. The number of H-pyrrole nitrogens is 1. The Kier molecular flexibility index (Phi) is 5.51. The van der Waals surface area contributed by atoms with E-state index < -0.39 is 20.7 Å². The van der Waals surface area contributed by atoms with Crippen molar-refractivity contribution in [2.24, 2.45) is 0 Å². The van der Waals surface area contributed by atoms with Crippen molar-refractivity contribution < 1.29 is 12.8 Å². The van der Waals surface area contributed by atoms with E-state index in [9.17, 15) is 12.8 Å². The summed E-state index contributed by atoms with van der Waals surface area (Å²) in [7, 11) is -4.06. The van der Waals surface area contributed by atoms with Gasteiger partial charge in [-0.1, -0.05) is 29.8 Å². The minimum Gasteiger partial charge on any atom is -0.339 e. The first kappa shape index (κ1) is 20.0. The number of aryl methyl sites for hydroxylation is 1. The van der Waals surface area contributed by atoms with Gasteiger partial charge in [-0.25, -0.2) is 17.8 Å². The molecule has 0 aliphatic heterocycles. The molecule has 0 unspecified atom stereocenters. The number of thiazole rings is 1. The molecule has 0 aliphatic rings. The van der Waals surface area contributed by atoms with Gasteiger partial charge in [-0.3, -0.25) is 9.82 Å². The average Bonchev–Trinajstić information content (AvgIpc) is 3.35. The third kappa shape index (κ3) is 4.66. The Balaban J connectivity index is 1.46. The molecular formula is C20H18FN5O2S2. The average molecular weight is 444 g/mol. The van der Waals surface area contributed by atoms with Crippen LogP contribution in [-0.2, 0) is 16.4 Å². The first-order chi connectivity index (χ1) is 14.4. The third-order valence-electron chi connectivity index (χ3n) is 4.29. The van der Waals surface area contributed by atoms with Gasteiger partial charge in [0.1, 0.15) is 10.7 Å². The minimum atomic E-state index is -4.06. The fraction of sp³-hybridized carbons (Fsp3) is 0.100. The first-order valence-electron chi connectivity index (χ1n) is 8.98. The molecule has 2 heterocycles. The summed E-state index contributed by atoms with van der Waals surface area (Å²) >= 11 is 1.11. The van der Waals surface area contributed by atoms with E-state index in [2.05, 4.69) is 37.4 Å². The van der Waals surface area contributed by atoms with Crippen molar-refractivity contribution in [3.63, 3.8) is 0 Å². The van der Waals surface area contributed by atoms with Gasteiger partial charge in [-0.15, -0.1) is 11.3 Å². The van der Waals surface area contributed by atoms with Crippen LogP contribution in [0.25, 0.3) is 0 Å². The molecule has 0 saturated carbocycles. The summed E-state index contributed by atoms with van der Waals surface area (Å²) in [6.45, 7) is 2.03. The van der Waals surface area contributed by atoms with Gasteiger partial charge in [-0.05, 0) is 30.7 Å². The van der Waals surface area contributed by atoms with Gasteiger partial charge in [0.2, 0.25) is 0 Å². The summed E-state index contributed by atoms with van der Waals surface area (Å²) < 4.78 is 41.5. The van der Waals surface area contributed by atoms with Gasteiger partial charge >= 0.3 is 0 Å². The van der Waals surface area contributed by atoms with Crippen molar-refractivity contribution in [1.82, 2.24) is 15.2 Å². The molecule has 0 atom stereocenters. The van der Waals surface area contributed by atoms with Crippen LogP contribution in [0.2, 0.25) is 0 Å². The van der Waals surface area contributed by atoms with Gasteiger partial charge < -0.3 is 5.32 Å². The Labute approximate surface area is 177 Å². The van der Waals surface area contributed by atoms with E-state index in [1.807, 2.05) is 25.1 Å². The first-order valence-corrected chi connectivity index (χ1v) is 11.3. The zero-order valence-electron chi connectivity index (χ0n) is 15.9. The summed E-state index contributed by atoms with van der Waals surface area (Å²) in [5.74, 6) is -0.368. The van der Waals surface area contributed by atoms with Gasteiger partial charge in [0.15, 0.2) is 10.9 Å². The molecule has 0 fully saturated rings. The summed E-state index contributed by atoms with van der Waals surface area (Å²) in [5, 5.41) is 11.9. The van der Waals surface area contributed by atoms with Crippen LogP contribution in [0.5, 0.6) is 0 Å². The van der Waals surface area contributed by atoms with Gasteiger partial charge in [0.05, 0.1) is 0 Å². The molecule has 0 bridgehead atoms. The molecule has 0 aliphatic carbocycles. The number of sulfonamides is 1. The summed E-state index contributed by atoms with van der Waals surface area (Å²) in [5.41, 5.74) is 3.62. The maximum absolute atomic E-state index is 14.5. The van der Waals surface area contributed by atoms with E-state index >= 15 is 0 Å². The normalized spacial score (nSPS) is 11.4. The van der Waals surface area contributed by atoms with Crippen LogP contribution in [0.3, 0.4) is 0 Å². The predicted octanol–water partition coefficient (Wildman–Crippen LogP) is 4.45. The second-order valence-electron chi connectivity index (χ2n) is 6.65. The van der Waals surface area contributed by atoms with Gasteiger partial charge in [0.25, 0.3) is 10.0 Å². The van der Waals surface area contributed by atoms with Crippen molar-refractivity contribution in [3.8, 4) is 0 Å². The Bertz CT molecular complexity index is 1250. The lowest BCUT2D eigenvalue weighted by atomic mass is 10.1. The van der Waals surface area contributed by atoms with E-state index in [4.69, 9.17) is 0 Å². The number of rotatable bonds is 7. The number of aromatic amines is 1. The smallest absolute Gasteiger partial charge is 0.266 e. The molecule has 10 heteroatoms. The molecule has 154 valence electrons. The molecule has 4 rings (SSSR count). The lowest BCUT2D eigenvalue weighted by molar-refractivity contribution is 0.570. The maximum atomic E-state index is 14.5. The molecule has 3 N–H and O–H groups in total. The van der Waals surface area contributed by atoms with Gasteiger partial charge in [-0.2, -0.15) is 5.10 Å². The molecule has 30 heavy (non-hydrogen) atoms. The summed E-state index contributed by atoms with van der Waals surface area (Å²) in [6, 6.07) is 13.8. The molecule has 0 spiro atoms. The number of anilines is 3. The Morgan fingerprint density at radius 2 is 1.93 bits per heavy atom. The van der Waals surface area contributed by atoms with Crippen LogP contribution in [0, 0.1) is 12.7 Å². The highest BCUT2D eigenvalue weighted by Gasteiger charge is 2.20. The zero-order valence-corrected chi connectivity index (χ0v) is 17.5. The Morgan fingerprint density at radius 3 is 2.63 bits per heavy atom. The largest absolute Gasteiger partial charge is 0.339 e. The standard InChI is InChI=1S/C20H18FN5O2S2/c1-13-2-4-14(5-3-13)10-16-12-19(25-24-16)23-15-6-7-18(17(21)11-15)30(27,28)26-20-22-8-9-29-20/h2-9,11-12H,10H2,1H3,(H,22,26)(H2,23,24,25). The molecule has 2 aromatic heterocycles. The number of nitrogens with one attached hydrogen (secondary N) is 3. The van der Waals surface area contributed by atoms with E-state index in [-0.39, 0.29) is 5.13 Å². The van der Waals surface area contributed by atoms with Crippen LogP contribution in [0.4, 0.5) is 21.0 Å². The van der Waals surface area contributed by atoms with Crippen LogP contribution in [0.15, 0.2) is 65.0 Å². The van der Waals surface area contributed by atoms with Crippen LogP contribution >= 0.6 is 11.3 Å². The minimum absolute atomic E-state index is 0.175. The summed E-state index contributed by atoms with van der Waals surface area (Å²) in [4.78, 5) is 3.39. The lowest BCUT2D eigenvalue weighted by Gasteiger charge is -2.08. The van der Waals surface area contributed by atoms with E-state index in [0.717, 1.165) is 28.7 Å². The number of hydrogen-bond acceptors (Lipinski definition) is 6. The topological polar surface area (TPSA) is 99.8 Å². The molecule has 4 aromatic rings. The van der Waals surface area contributed by atoms with E-state index in [1.165, 1.54) is 23.9 Å². The predicted molar refractivity (Wildman–Crippen MR) is 115 cm³/mol. The molecular weight excluding hydrogens is 425 g/mol. The fourth-order valence-electron chi connectivity index (χ4n) is 2.83. The zero-order chi connectivity index (χ0) is 21.1. The van der Waals surface area contributed by atoms with Crippen molar-refractivity contribution in [1.29, 1.82) is 0 Å². The van der Waals surface area contributed by atoms with Crippen molar-refractivity contribution in [3.05, 3.63) is 82.7 Å². The highest BCUT2D eigenvalue weighted by atomic mass is 32.2. The molecule has 0 radical (unpaired) electrons. The second kappa shape index (κ2) is 8.25. The second-order valence-corrected chi connectivity index (χ2v) is 9.20. The van der Waals surface area contributed by atoms with Crippen molar-refractivity contribution >= 4 is 38.0 Å². The van der Waals surface area contributed by atoms with Crippen LogP contribution < -0.4 is 10.0 Å². The Hall–Kier alpha value is -3.24. The Morgan fingerprint density at radius 1 is 1.13 bits per heavy atom. The molecule has 0 saturated heterocycles. The fourth-order valence-corrected chi connectivity index (χ4v) is 4.68. The highest BCUT2D eigenvalue weighted by molar-refractivity contribution is 7.93. The lowest BCUT2D eigenvalue weighted by Crippen LogP contribution is -2.14.